The van der Waals surface area contributed by atoms with Gasteiger partial charge in [0.25, 0.3) is 5.91 Å². The normalized spacial score (nSPS) is 18.7. The van der Waals surface area contributed by atoms with Crippen molar-refractivity contribution < 1.29 is 24.6 Å². The lowest BCUT2D eigenvalue weighted by Gasteiger charge is -2.39. The highest BCUT2D eigenvalue weighted by molar-refractivity contribution is 6.04. The lowest BCUT2D eigenvalue weighted by atomic mass is 10.1. The van der Waals surface area contributed by atoms with Gasteiger partial charge in [-0.3, -0.25) is 9.69 Å². The van der Waals surface area contributed by atoms with Crippen LogP contribution in [0.3, 0.4) is 0 Å². The van der Waals surface area contributed by atoms with E-state index in [1.807, 2.05) is 12.1 Å². The second-order valence-electron chi connectivity index (χ2n) is 7.88. The first kappa shape index (κ1) is 20.7. The first-order chi connectivity index (χ1) is 14.7. The number of benzene rings is 1. The molecular weight excluding hydrogens is 404 g/mol. The fraction of sp³-hybridized carbons (Fsp3) is 0.400. The van der Waals surface area contributed by atoms with Crippen molar-refractivity contribution in [2.24, 2.45) is 0 Å². The number of nitrogens with one attached hydrogen (secondary N) is 1. The molecule has 0 bridgehead atoms. The van der Waals surface area contributed by atoms with Crippen molar-refractivity contribution in [1.29, 1.82) is 0 Å². The van der Waals surface area contributed by atoms with E-state index in [1.165, 1.54) is 0 Å². The third-order valence-electron chi connectivity index (χ3n) is 5.92. The summed E-state index contributed by atoms with van der Waals surface area (Å²) in [4.78, 5) is 41.1. The highest BCUT2D eigenvalue weighted by atomic mass is 16.4. The lowest BCUT2D eigenvalue weighted by molar-refractivity contribution is 0.102. The molecule has 2 aliphatic heterocycles. The van der Waals surface area contributed by atoms with E-state index in [1.54, 1.807) is 12.1 Å². The van der Waals surface area contributed by atoms with Crippen molar-refractivity contribution in [3.8, 4) is 0 Å². The summed E-state index contributed by atoms with van der Waals surface area (Å²) < 4.78 is 0.714. The van der Waals surface area contributed by atoms with E-state index in [9.17, 15) is 24.6 Å². The predicted octanol–water partition coefficient (Wildman–Crippen LogP) is 1.80. The van der Waals surface area contributed by atoms with Crippen LogP contribution in [0.15, 0.2) is 24.3 Å². The Kier molecular flexibility index (Phi) is 5.27. The van der Waals surface area contributed by atoms with Crippen LogP contribution in [0.5, 0.6) is 0 Å². The molecule has 1 aromatic heterocycles. The second kappa shape index (κ2) is 7.91. The van der Waals surface area contributed by atoms with Gasteiger partial charge in [-0.1, -0.05) is 0 Å². The average molecular weight is 428 g/mol. The molecule has 3 heterocycles. The second-order valence-corrected chi connectivity index (χ2v) is 7.88. The van der Waals surface area contributed by atoms with E-state index in [-0.39, 0.29) is 24.6 Å². The zero-order valence-electron chi connectivity index (χ0n) is 17.3. The van der Waals surface area contributed by atoms with Gasteiger partial charge in [0.1, 0.15) is 0 Å². The number of anilines is 2. The van der Waals surface area contributed by atoms with Crippen molar-refractivity contribution in [3.05, 3.63) is 41.1 Å². The molecule has 0 saturated carbocycles. The van der Waals surface area contributed by atoms with Crippen LogP contribution in [0.25, 0.3) is 0 Å². The van der Waals surface area contributed by atoms with Gasteiger partial charge in [0, 0.05) is 42.5 Å². The third-order valence-corrected chi connectivity index (χ3v) is 5.92. The Hall–Kier alpha value is -3.60. The van der Waals surface area contributed by atoms with Crippen LogP contribution in [-0.2, 0) is 13.1 Å². The van der Waals surface area contributed by atoms with Gasteiger partial charge < -0.3 is 25.3 Å². The number of carboxylic acid groups (broad SMARTS) is 2. The number of carbonyl (C=O) groups is 3. The summed E-state index contributed by atoms with van der Waals surface area (Å²) in [6.45, 7) is 4.82. The Bertz CT molecular complexity index is 1030. The van der Waals surface area contributed by atoms with Gasteiger partial charge in [0.2, 0.25) is 0 Å². The maximum atomic E-state index is 12.7. The van der Waals surface area contributed by atoms with E-state index in [4.69, 9.17) is 0 Å². The molecule has 11 nitrogen and oxygen atoms in total. The zero-order valence-corrected chi connectivity index (χ0v) is 17.3. The Morgan fingerprint density at radius 3 is 2.39 bits per heavy atom. The molecule has 0 aliphatic carbocycles. The number of hydrogen-bond donors (Lipinski definition) is 3. The highest BCUT2D eigenvalue weighted by Gasteiger charge is 2.33. The molecule has 1 atom stereocenters. The number of amides is 2. The number of nitrogens with zero attached hydrogens (tertiary/aromatic N) is 5. The fourth-order valence-corrected chi connectivity index (χ4v) is 3.92. The Labute approximate surface area is 178 Å². The minimum absolute atomic E-state index is 0.0336. The van der Waals surface area contributed by atoms with E-state index in [0.717, 1.165) is 30.2 Å². The maximum absolute atomic E-state index is 12.7. The third kappa shape index (κ3) is 3.91. The van der Waals surface area contributed by atoms with E-state index < -0.39 is 18.1 Å². The number of rotatable bonds is 3. The van der Waals surface area contributed by atoms with Gasteiger partial charge in [0.05, 0.1) is 18.8 Å². The molecule has 2 aromatic rings. The van der Waals surface area contributed by atoms with Gasteiger partial charge in [-0.25, -0.2) is 9.59 Å². The predicted molar refractivity (Wildman–Crippen MR) is 112 cm³/mol. The molecule has 1 saturated heterocycles. The summed E-state index contributed by atoms with van der Waals surface area (Å²) in [5, 5.41) is 25.1. The van der Waals surface area contributed by atoms with E-state index in [0.29, 0.717) is 21.9 Å². The van der Waals surface area contributed by atoms with Crippen LogP contribution < -0.4 is 10.2 Å². The first-order valence-electron chi connectivity index (χ1n) is 9.93. The van der Waals surface area contributed by atoms with Crippen LogP contribution in [0, 0.1) is 0 Å². The highest BCUT2D eigenvalue weighted by Crippen LogP contribution is 2.30. The Morgan fingerprint density at radius 1 is 1.06 bits per heavy atom. The summed E-state index contributed by atoms with van der Waals surface area (Å²) in [5.74, 6) is -0.381. The molecule has 1 aromatic carbocycles. The van der Waals surface area contributed by atoms with Crippen molar-refractivity contribution in [2.75, 3.05) is 36.9 Å². The smallest absolute Gasteiger partial charge is 0.432 e. The van der Waals surface area contributed by atoms with Crippen molar-refractivity contribution in [1.82, 2.24) is 19.6 Å². The number of fused-ring (bicyclic) bond motifs is 1. The SMILES string of the molecule is CC1CN(c2ccc(C(=O)Nc3nn(C(=O)O)c4c3CN(C(=O)O)C4)cc2)CCN1C. The Balaban J connectivity index is 1.50. The zero-order chi connectivity index (χ0) is 22.3. The van der Waals surface area contributed by atoms with Crippen LogP contribution in [0.4, 0.5) is 21.1 Å². The van der Waals surface area contributed by atoms with Crippen LogP contribution in [0.1, 0.15) is 28.5 Å². The molecule has 2 amide bonds. The van der Waals surface area contributed by atoms with Crippen LogP contribution in [0.2, 0.25) is 0 Å². The number of hydrogen-bond acceptors (Lipinski definition) is 6. The van der Waals surface area contributed by atoms with Crippen molar-refractivity contribution in [3.63, 3.8) is 0 Å². The van der Waals surface area contributed by atoms with Crippen molar-refractivity contribution in [2.45, 2.75) is 26.1 Å². The van der Waals surface area contributed by atoms with Crippen molar-refractivity contribution >= 4 is 29.6 Å². The molecule has 0 radical (unpaired) electrons. The first-order valence-corrected chi connectivity index (χ1v) is 9.93. The number of piperazine rings is 1. The molecular formula is C20H24N6O5. The quantitative estimate of drug-likeness (QED) is 0.674. The summed E-state index contributed by atoms with van der Waals surface area (Å²) >= 11 is 0. The minimum atomic E-state index is -1.34. The maximum Gasteiger partial charge on any atom is 0.432 e. The summed E-state index contributed by atoms with van der Waals surface area (Å²) in [5.41, 5.74) is 2.06. The number of likely N-dealkylation sites (N-methyl/N-ethyl adjacent to an activating group) is 1. The molecule has 11 heteroatoms. The molecule has 2 aliphatic rings. The summed E-state index contributed by atoms with van der Waals surface area (Å²) in [7, 11) is 2.10. The summed E-state index contributed by atoms with van der Waals surface area (Å²) in [6, 6.07) is 7.64. The monoisotopic (exact) mass is 428 g/mol. The van der Waals surface area contributed by atoms with Gasteiger partial charge >= 0.3 is 12.2 Å². The minimum Gasteiger partial charge on any atom is -0.465 e. The van der Waals surface area contributed by atoms with Gasteiger partial charge in [-0.15, -0.1) is 5.10 Å². The van der Waals surface area contributed by atoms with E-state index in [2.05, 4.69) is 34.2 Å². The van der Waals surface area contributed by atoms with Crippen LogP contribution in [-0.4, -0.2) is 80.6 Å². The average Bonchev–Trinajstić information content (AvgIpc) is 3.31. The molecule has 4 rings (SSSR count). The standard InChI is InChI=1S/C20H24N6O5/c1-12-9-24(8-7-23(12)2)14-5-3-13(4-6-14)18(27)21-17-15-10-25(19(28)29)11-16(15)26(22-17)20(30)31/h3-6,12H,7-11H2,1-2H3,(H,28,29)(H,30,31)(H,21,22,27). The lowest BCUT2D eigenvalue weighted by Crippen LogP contribution is -2.50. The fourth-order valence-electron chi connectivity index (χ4n) is 3.92. The Morgan fingerprint density at radius 2 is 1.77 bits per heavy atom. The molecule has 0 spiro atoms. The molecule has 3 N–H and O–H groups in total. The topological polar surface area (TPSA) is 131 Å². The summed E-state index contributed by atoms with van der Waals surface area (Å²) in [6.07, 6.45) is -2.51. The number of carbonyl (C=O) groups excluding carboxylic acids is 1. The molecule has 1 unspecified atom stereocenters. The molecule has 31 heavy (non-hydrogen) atoms. The number of aromatic nitrogens is 2. The van der Waals surface area contributed by atoms with Gasteiger partial charge in [0.15, 0.2) is 5.82 Å². The largest absolute Gasteiger partial charge is 0.465 e. The molecule has 164 valence electrons. The van der Waals surface area contributed by atoms with Gasteiger partial charge in [-0.2, -0.15) is 4.68 Å². The molecule has 1 fully saturated rings. The van der Waals surface area contributed by atoms with Crippen LogP contribution >= 0.6 is 0 Å². The van der Waals surface area contributed by atoms with Gasteiger partial charge in [-0.05, 0) is 38.2 Å². The van der Waals surface area contributed by atoms with E-state index >= 15 is 0 Å².